The maximum atomic E-state index is 12.8. The van der Waals surface area contributed by atoms with Gasteiger partial charge in [0.2, 0.25) is 0 Å². The quantitative estimate of drug-likeness (QED) is 0.0197. The van der Waals surface area contributed by atoms with Crippen molar-refractivity contribution < 1.29 is 56.2 Å². The zero-order valence-corrected chi connectivity index (χ0v) is 42.7. The predicted molar refractivity (Wildman–Crippen MR) is 275 cm³/mol. The summed E-state index contributed by atoms with van der Waals surface area (Å²) in [6.45, 7) is 3.73. The minimum absolute atomic E-state index is 0.00350. The molecule has 0 aromatic rings. The maximum absolute atomic E-state index is 12.8. The normalized spacial score (nSPS) is 20.1. The fourth-order valence-electron chi connectivity index (χ4n) is 7.34. The first-order valence-corrected chi connectivity index (χ1v) is 27.4. The van der Waals surface area contributed by atoms with Gasteiger partial charge in [-0.15, -0.1) is 0 Å². The molecule has 390 valence electrons. The van der Waals surface area contributed by atoms with Crippen molar-refractivity contribution in [1.29, 1.82) is 0 Å². The summed E-state index contributed by atoms with van der Waals surface area (Å²) in [4.78, 5) is 12.8. The fraction of sp³-hybridized carbons (Fsp3) is 0.691. The third kappa shape index (κ3) is 37.9. The summed E-state index contributed by atoms with van der Waals surface area (Å²) in [5, 5.41) is 30.7. The van der Waals surface area contributed by atoms with Crippen LogP contribution in [0.15, 0.2) is 97.2 Å². The van der Waals surface area contributed by atoms with Crippen molar-refractivity contribution in [3.05, 3.63) is 97.2 Å². The zero-order chi connectivity index (χ0) is 49.6. The lowest BCUT2D eigenvalue weighted by Crippen LogP contribution is -2.60. The molecule has 0 amide bonds. The van der Waals surface area contributed by atoms with Crippen LogP contribution in [-0.4, -0.2) is 97.5 Å². The van der Waals surface area contributed by atoms with Crippen LogP contribution in [0.1, 0.15) is 181 Å². The second kappa shape index (κ2) is 45.2. The molecule has 1 heterocycles. The standard InChI is InChI=1S/C55H92O12S/c1-3-5-7-9-11-13-15-17-19-20-21-22-23-24-25-26-27-28-29-31-33-35-37-39-41-43-45-63-47-49(48-64-55-53(59)54(67-68(60,61)62)52(58)50(46-56)66-55)65-51(57)44-42-40-38-36-34-32-30-18-16-14-12-10-8-6-4-2/h6,8,12,14-15,17-18,20-21,23-24,30,34,36,40,42,49-50,52-56,58-59H,3-5,7,9-11,13,16,19,22,25-29,31-33,35,37-39,41,43-48H2,1-2H3,(H,60,61,62)/b8-6-,14-12-,17-15-,21-20-,24-23-,30-18-,36-34-,42-40-. The van der Waals surface area contributed by atoms with Gasteiger partial charge in [0.1, 0.15) is 30.5 Å². The first-order valence-electron chi connectivity index (χ1n) is 26.0. The van der Waals surface area contributed by atoms with E-state index in [0.29, 0.717) is 13.0 Å². The van der Waals surface area contributed by atoms with Crippen LogP contribution in [0.5, 0.6) is 0 Å². The Morgan fingerprint density at radius 3 is 1.49 bits per heavy atom. The van der Waals surface area contributed by atoms with Gasteiger partial charge in [-0.1, -0.05) is 195 Å². The van der Waals surface area contributed by atoms with Gasteiger partial charge in [0.15, 0.2) is 6.29 Å². The lowest BCUT2D eigenvalue weighted by atomic mass is 9.99. The summed E-state index contributed by atoms with van der Waals surface area (Å²) < 4.78 is 59.1. The third-order valence-corrected chi connectivity index (χ3v) is 11.7. The highest BCUT2D eigenvalue weighted by molar-refractivity contribution is 7.80. The zero-order valence-electron chi connectivity index (χ0n) is 41.9. The van der Waals surface area contributed by atoms with Crippen molar-refractivity contribution in [2.24, 2.45) is 0 Å². The molecular weight excluding hydrogens is 885 g/mol. The average molecular weight is 977 g/mol. The lowest BCUT2D eigenvalue weighted by Gasteiger charge is -2.41. The SMILES string of the molecule is CC/C=C\C/C=C\C/C=C\C/C=C\C/C=C\CC(=O)OC(COCCCCCCCCCCCCC/C=C\C/C=C\C/C=C\CCCCCCC)COC1OC(CO)C(O)C(OS(=O)(=O)O)C1O. The highest BCUT2D eigenvalue weighted by Crippen LogP contribution is 2.26. The van der Waals surface area contributed by atoms with E-state index in [2.05, 4.69) is 97.0 Å². The molecule has 0 radical (unpaired) electrons. The van der Waals surface area contributed by atoms with E-state index in [9.17, 15) is 33.1 Å². The summed E-state index contributed by atoms with van der Waals surface area (Å²) in [6, 6.07) is 0. The van der Waals surface area contributed by atoms with Crippen LogP contribution in [0.2, 0.25) is 0 Å². The molecule has 13 heteroatoms. The number of rotatable bonds is 44. The number of allylic oxidation sites excluding steroid dienone is 15. The Bertz CT molecular complexity index is 1550. The molecule has 0 bridgehead atoms. The van der Waals surface area contributed by atoms with Crippen molar-refractivity contribution in [3.63, 3.8) is 0 Å². The molecule has 1 aliphatic heterocycles. The van der Waals surface area contributed by atoms with Crippen molar-refractivity contribution >= 4 is 16.4 Å². The van der Waals surface area contributed by atoms with Gasteiger partial charge in [-0.05, 0) is 77.0 Å². The van der Waals surface area contributed by atoms with Crippen LogP contribution >= 0.6 is 0 Å². The molecule has 0 aliphatic carbocycles. The smallest absolute Gasteiger partial charge is 0.397 e. The highest BCUT2D eigenvalue weighted by atomic mass is 32.3. The molecule has 6 unspecified atom stereocenters. The van der Waals surface area contributed by atoms with Crippen LogP contribution in [0, 0.1) is 0 Å². The van der Waals surface area contributed by atoms with E-state index in [-0.39, 0.29) is 19.6 Å². The van der Waals surface area contributed by atoms with Crippen molar-refractivity contribution in [2.45, 2.75) is 218 Å². The van der Waals surface area contributed by atoms with Crippen LogP contribution in [0.3, 0.4) is 0 Å². The summed E-state index contributed by atoms with van der Waals surface area (Å²) in [6.07, 6.45) is 53.3. The molecule has 1 saturated heterocycles. The first-order chi connectivity index (χ1) is 33.1. The van der Waals surface area contributed by atoms with Crippen molar-refractivity contribution in [2.75, 3.05) is 26.4 Å². The van der Waals surface area contributed by atoms with Crippen LogP contribution < -0.4 is 0 Å². The van der Waals surface area contributed by atoms with Crippen molar-refractivity contribution in [1.82, 2.24) is 0 Å². The fourth-order valence-corrected chi connectivity index (χ4v) is 7.85. The minimum atomic E-state index is -5.08. The van der Waals surface area contributed by atoms with E-state index < -0.39 is 59.8 Å². The molecule has 1 fully saturated rings. The number of unbranched alkanes of at least 4 members (excludes halogenated alkanes) is 16. The number of aliphatic hydroxyl groups is 3. The predicted octanol–water partition coefficient (Wildman–Crippen LogP) is 12.2. The summed E-state index contributed by atoms with van der Waals surface area (Å²) in [7, 11) is -5.08. The minimum Gasteiger partial charge on any atom is -0.457 e. The second-order valence-electron chi connectivity index (χ2n) is 17.4. The monoisotopic (exact) mass is 977 g/mol. The number of esters is 1. The highest BCUT2D eigenvalue weighted by Gasteiger charge is 2.48. The largest absolute Gasteiger partial charge is 0.457 e. The van der Waals surface area contributed by atoms with Crippen LogP contribution in [0.4, 0.5) is 0 Å². The second-order valence-corrected chi connectivity index (χ2v) is 18.4. The Morgan fingerprint density at radius 1 is 0.574 bits per heavy atom. The molecule has 12 nitrogen and oxygen atoms in total. The summed E-state index contributed by atoms with van der Waals surface area (Å²) in [5.41, 5.74) is 0. The molecular formula is C55H92O12S. The molecule has 0 saturated carbocycles. The topological polar surface area (TPSA) is 178 Å². The molecule has 0 spiro atoms. The molecule has 68 heavy (non-hydrogen) atoms. The number of hydrogen-bond acceptors (Lipinski definition) is 11. The Kier molecular flexibility index (Phi) is 41.9. The molecule has 0 aromatic carbocycles. The van der Waals surface area contributed by atoms with E-state index in [1.54, 1.807) is 6.08 Å². The van der Waals surface area contributed by atoms with Gasteiger partial charge in [-0.2, -0.15) is 8.42 Å². The third-order valence-electron chi connectivity index (χ3n) is 11.2. The van der Waals surface area contributed by atoms with Gasteiger partial charge >= 0.3 is 16.4 Å². The number of ether oxygens (including phenoxy) is 4. The van der Waals surface area contributed by atoms with Gasteiger partial charge in [0.25, 0.3) is 0 Å². The summed E-state index contributed by atoms with van der Waals surface area (Å²) >= 11 is 0. The van der Waals surface area contributed by atoms with Gasteiger partial charge in [-0.3, -0.25) is 9.35 Å². The van der Waals surface area contributed by atoms with E-state index in [0.717, 1.165) is 64.2 Å². The molecule has 4 N–H and O–H groups in total. The van der Waals surface area contributed by atoms with Gasteiger partial charge in [0, 0.05) is 6.61 Å². The van der Waals surface area contributed by atoms with Gasteiger partial charge < -0.3 is 34.3 Å². The lowest BCUT2D eigenvalue weighted by molar-refractivity contribution is -0.301. The molecule has 1 aliphatic rings. The number of carbonyl (C=O) groups is 1. The van der Waals surface area contributed by atoms with E-state index in [1.165, 1.54) is 89.9 Å². The van der Waals surface area contributed by atoms with Gasteiger partial charge in [0.05, 0.1) is 26.2 Å². The maximum Gasteiger partial charge on any atom is 0.397 e. The number of aliphatic hydroxyl groups excluding tert-OH is 3. The van der Waals surface area contributed by atoms with E-state index in [4.69, 9.17) is 18.9 Å². The average Bonchev–Trinajstić information content (AvgIpc) is 3.31. The Labute approximate surface area is 412 Å². The molecule has 0 aromatic heterocycles. The Morgan fingerprint density at radius 2 is 1.01 bits per heavy atom. The van der Waals surface area contributed by atoms with Gasteiger partial charge in [-0.25, -0.2) is 4.18 Å². The first kappa shape index (κ1) is 63.0. The van der Waals surface area contributed by atoms with Crippen LogP contribution in [0.25, 0.3) is 0 Å². The molecule has 6 atom stereocenters. The summed E-state index contributed by atoms with van der Waals surface area (Å²) in [5.74, 6) is -0.529. The van der Waals surface area contributed by atoms with Crippen molar-refractivity contribution in [3.8, 4) is 0 Å². The van der Waals surface area contributed by atoms with E-state index in [1.807, 2.05) is 12.2 Å². The number of hydrogen-bond donors (Lipinski definition) is 4. The van der Waals surface area contributed by atoms with Crippen LogP contribution in [-0.2, 0) is 38.3 Å². The number of carbonyl (C=O) groups excluding carboxylic acids is 1. The Hall–Kier alpha value is -2.98. The Balaban J connectivity index is 2.36. The molecule has 1 rings (SSSR count). The van der Waals surface area contributed by atoms with E-state index >= 15 is 0 Å².